The lowest BCUT2D eigenvalue weighted by atomic mass is 9.99. The van der Waals surface area contributed by atoms with E-state index < -0.39 is 0 Å². The van der Waals surface area contributed by atoms with E-state index in [1.807, 2.05) is 0 Å². The Labute approximate surface area is 106 Å². The number of hydrogen-bond acceptors (Lipinski definition) is 2. The topological polar surface area (TPSA) is 23.5 Å². The van der Waals surface area contributed by atoms with Crippen LogP contribution < -0.4 is 0 Å². The summed E-state index contributed by atoms with van der Waals surface area (Å²) >= 11 is 0. The van der Waals surface area contributed by atoms with Gasteiger partial charge in [-0.15, -0.1) is 0 Å². The molecule has 2 heteroatoms. The molecule has 1 atom stereocenters. The molecule has 0 aromatic rings. The van der Waals surface area contributed by atoms with Crippen molar-refractivity contribution in [1.82, 2.24) is 4.90 Å². The van der Waals surface area contributed by atoms with Crippen LogP contribution in [-0.4, -0.2) is 35.2 Å². The first-order valence-corrected chi connectivity index (χ1v) is 7.71. The molecule has 0 aromatic heterocycles. The van der Waals surface area contributed by atoms with Crippen LogP contribution in [0.3, 0.4) is 0 Å². The van der Waals surface area contributed by atoms with Crippen molar-refractivity contribution in [2.24, 2.45) is 5.92 Å². The van der Waals surface area contributed by atoms with Crippen LogP contribution in [-0.2, 0) is 0 Å². The molecule has 2 aliphatic carbocycles. The van der Waals surface area contributed by atoms with Crippen LogP contribution in [0.15, 0.2) is 0 Å². The van der Waals surface area contributed by atoms with Gasteiger partial charge in [-0.05, 0) is 31.7 Å². The number of nitrogens with zero attached hydrogens (tertiary/aromatic N) is 1. The van der Waals surface area contributed by atoms with Crippen molar-refractivity contribution in [3.63, 3.8) is 0 Å². The Balaban J connectivity index is 1.72. The van der Waals surface area contributed by atoms with Gasteiger partial charge in [-0.25, -0.2) is 0 Å². The normalized spacial score (nSPS) is 24.9. The second-order valence-electron chi connectivity index (χ2n) is 6.07. The third-order valence-electron chi connectivity index (χ3n) is 4.77. The molecule has 0 amide bonds. The molecule has 1 unspecified atom stereocenters. The van der Waals surface area contributed by atoms with E-state index in [1.165, 1.54) is 51.4 Å². The average Bonchev–Trinajstić information content (AvgIpc) is 2.97. The zero-order chi connectivity index (χ0) is 12.1. The van der Waals surface area contributed by atoms with Crippen molar-refractivity contribution >= 4 is 0 Å². The van der Waals surface area contributed by atoms with Gasteiger partial charge in [-0.2, -0.15) is 0 Å². The van der Waals surface area contributed by atoms with Gasteiger partial charge in [0.15, 0.2) is 0 Å². The summed E-state index contributed by atoms with van der Waals surface area (Å²) < 4.78 is 0. The summed E-state index contributed by atoms with van der Waals surface area (Å²) in [5.74, 6) is 0.812. The van der Waals surface area contributed by atoms with Gasteiger partial charge >= 0.3 is 0 Å². The Morgan fingerprint density at radius 3 is 2.24 bits per heavy atom. The first-order valence-electron chi connectivity index (χ1n) is 7.71. The quantitative estimate of drug-likeness (QED) is 0.769. The van der Waals surface area contributed by atoms with Crippen molar-refractivity contribution in [2.45, 2.75) is 76.9 Å². The fourth-order valence-corrected chi connectivity index (χ4v) is 3.78. The van der Waals surface area contributed by atoms with Crippen molar-refractivity contribution in [2.75, 3.05) is 13.1 Å². The number of hydrogen-bond donors (Lipinski definition) is 1. The summed E-state index contributed by atoms with van der Waals surface area (Å²) in [7, 11) is 0. The number of aliphatic hydroxyl groups is 1. The fraction of sp³-hybridized carbons (Fsp3) is 1.00. The van der Waals surface area contributed by atoms with Crippen LogP contribution >= 0.6 is 0 Å². The van der Waals surface area contributed by atoms with Crippen LogP contribution in [0, 0.1) is 5.92 Å². The lowest BCUT2D eigenvalue weighted by Gasteiger charge is -2.30. The minimum Gasteiger partial charge on any atom is -0.392 e. The monoisotopic (exact) mass is 239 g/mol. The molecule has 0 bridgehead atoms. The van der Waals surface area contributed by atoms with E-state index in [0.29, 0.717) is 0 Å². The summed E-state index contributed by atoms with van der Waals surface area (Å²) in [4.78, 5) is 2.52. The van der Waals surface area contributed by atoms with E-state index in [1.54, 1.807) is 0 Å². The van der Waals surface area contributed by atoms with Gasteiger partial charge in [0.1, 0.15) is 0 Å². The molecule has 0 aromatic carbocycles. The van der Waals surface area contributed by atoms with Gasteiger partial charge in [0.25, 0.3) is 0 Å². The van der Waals surface area contributed by atoms with E-state index >= 15 is 0 Å². The first kappa shape index (κ1) is 13.4. The predicted octanol–water partition coefficient (Wildman–Crippen LogP) is 3.19. The standard InChI is InChI=1S/C15H29NO/c1-2-16(14-9-5-6-10-14)12-15(17)11-13-7-3-4-8-13/h13-15,17H,2-12H2,1H3. The number of likely N-dealkylation sites (N-methyl/N-ethyl adjacent to an activating group) is 1. The number of rotatable bonds is 6. The Kier molecular flexibility index (Phi) is 5.30. The second kappa shape index (κ2) is 6.75. The van der Waals surface area contributed by atoms with Gasteiger partial charge in [-0.1, -0.05) is 45.4 Å². The average molecular weight is 239 g/mol. The number of aliphatic hydroxyl groups excluding tert-OH is 1. The third-order valence-corrected chi connectivity index (χ3v) is 4.77. The highest BCUT2D eigenvalue weighted by atomic mass is 16.3. The largest absolute Gasteiger partial charge is 0.392 e. The Morgan fingerprint density at radius 2 is 1.65 bits per heavy atom. The molecule has 1 N–H and O–H groups in total. The lowest BCUT2D eigenvalue weighted by molar-refractivity contribution is 0.0740. The maximum Gasteiger partial charge on any atom is 0.0669 e. The van der Waals surface area contributed by atoms with E-state index in [4.69, 9.17) is 0 Å². The Bertz CT molecular complexity index is 207. The Morgan fingerprint density at radius 1 is 1.06 bits per heavy atom. The van der Waals surface area contributed by atoms with Gasteiger partial charge in [-0.3, -0.25) is 4.90 Å². The van der Waals surface area contributed by atoms with Crippen LogP contribution in [0.1, 0.15) is 64.7 Å². The maximum atomic E-state index is 10.2. The molecule has 17 heavy (non-hydrogen) atoms. The van der Waals surface area contributed by atoms with E-state index in [9.17, 15) is 5.11 Å². The third kappa shape index (κ3) is 3.96. The highest BCUT2D eigenvalue weighted by Crippen LogP contribution is 2.29. The SMILES string of the molecule is CCN(CC(O)CC1CCCC1)C1CCCC1. The minimum absolute atomic E-state index is 0.0846. The zero-order valence-electron chi connectivity index (χ0n) is 11.4. The van der Waals surface area contributed by atoms with Crippen molar-refractivity contribution in [1.29, 1.82) is 0 Å². The molecular weight excluding hydrogens is 210 g/mol. The van der Waals surface area contributed by atoms with Gasteiger partial charge in [0, 0.05) is 12.6 Å². The molecule has 100 valence electrons. The molecule has 2 rings (SSSR count). The lowest BCUT2D eigenvalue weighted by Crippen LogP contribution is -2.39. The maximum absolute atomic E-state index is 10.2. The Hall–Kier alpha value is -0.0800. The molecule has 0 aliphatic heterocycles. The van der Waals surface area contributed by atoms with E-state index in [0.717, 1.165) is 31.5 Å². The summed E-state index contributed by atoms with van der Waals surface area (Å²) in [6.07, 6.45) is 11.9. The predicted molar refractivity (Wildman–Crippen MR) is 72.1 cm³/mol. The van der Waals surface area contributed by atoms with Crippen molar-refractivity contribution in [3.05, 3.63) is 0 Å². The van der Waals surface area contributed by atoms with E-state index in [-0.39, 0.29) is 6.10 Å². The molecule has 2 fully saturated rings. The van der Waals surface area contributed by atoms with Crippen molar-refractivity contribution < 1.29 is 5.11 Å². The van der Waals surface area contributed by atoms with Crippen LogP contribution in [0.5, 0.6) is 0 Å². The first-order chi connectivity index (χ1) is 8.29. The second-order valence-corrected chi connectivity index (χ2v) is 6.07. The molecular formula is C15H29NO. The molecule has 2 nitrogen and oxygen atoms in total. The molecule has 0 radical (unpaired) electrons. The smallest absolute Gasteiger partial charge is 0.0669 e. The molecule has 0 heterocycles. The molecule has 0 spiro atoms. The summed E-state index contributed by atoms with van der Waals surface area (Å²) in [5.41, 5.74) is 0. The highest BCUT2D eigenvalue weighted by Gasteiger charge is 2.25. The van der Waals surface area contributed by atoms with Crippen LogP contribution in [0.2, 0.25) is 0 Å². The zero-order valence-corrected chi connectivity index (χ0v) is 11.4. The van der Waals surface area contributed by atoms with Crippen molar-refractivity contribution in [3.8, 4) is 0 Å². The van der Waals surface area contributed by atoms with Crippen LogP contribution in [0.4, 0.5) is 0 Å². The molecule has 2 saturated carbocycles. The fourth-order valence-electron chi connectivity index (χ4n) is 3.78. The molecule has 2 aliphatic rings. The minimum atomic E-state index is -0.0846. The summed E-state index contributed by atoms with van der Waals surface area (Å²) in [5, 5.41) is 10.2. The van der Waals surface area contributed by atoms with Gasteiger partial charge in [0.05, 0.1) is 6.10 Å². The molecule has 0 saturated heterocycles. The highest BCUT2D eigenvalue weighted by molar-refractivity contribution is 4.80. The van der Waals surface area contributed by atoms with Gasteiger partial charge in [0.2, 0.25) is 0 Å². The summed E-state index contributed by atoms with van der Waals surface area (Å²) in [6.45, 7) is 4.25. The van der Waals surface area contributed by atoms with Crippen LogP contribution in [0.25, 0.3) is 0 Å². The summed E-state index contributed by atoms with van der Waals surface area (Å²) in [6, 6.07) is 0.762. The van der Waals surface area contributed by atoms with Gasteiger partial charge < -0.3 is 5.11 Å². The van der Waals surface area contributed by atoms with E-state index in [2.05, 4.69) is 11.8 Å².